The summed E-state index contributed by atoms with van der Waals surface area (Å²) in [5.74, 6) is 0. The fourth-order valence-corrected chi connectivity index (χ4v) is 0. The van der Waals surface area contributed by atoms with Gasteiger partial charge in [-0.2, -0.15) is 0 Å². The van der Waals surface area contributed by atoms with Crippen molar-refractivity contribution in [3.8, 4) is 0 Å². The molecule has 0 heterocycles. The van der Waals surface area contributed by atoms with E-state index in [4.69, 9.17) is 149 Å². The van der Waals surface area contributed by atoms with Crippen LogP contribution in [0.5, 0.6) is 0 Å². The van der Waals surface area contributed by atoms with Crippen LogP contribution in [0.2, 0.25) is 0 Å². The zero-order valence-corrected chi connectivity index (χ0v) is 29.5. The Morgan fingerprint density at radius 2 is 0.128 bits per heavy atom. The van der Waals surface area contributed by atoms with Crippen molar-refractivity contribution in [2.45, 2.75) is 0 Å². The molecule has 0 rings (SSSR count). The van der Waals surface area contributed by atoms with E-state index >= 15 is 0 Å². The summed E-state index contributed by atoms with van der Waals surface area (Å²) in [5, 5.41) is 0. The molecule has 47 heteroatoms. The van der Waals surface area contributed by atoms with Gasteiger partial charge in [0.1, 0.15) is 0 Å². The van der Waals surface area contributed by atoms with Gasteiger partial charge in [0, 0.05) is 0 Å². The topological polar surface area (TPSA) is 957 Å². The minimum Gasteiger partial charge on any atom is -0.369 e. The summed E-state index contributed by atoms with van der Waals surface area (Å²) in [4.78, 5) is 0. The third-order valence-electron chi connectivity index (χ3n) is 0. The third kappa shape index (κ3) is 56900. The maximum Gasteiger partial charge on any atom is 2.00 e. The van der Waals surface area contributed by atoms with Crippen LogP contribution >= 0.6 is 0 Å². The maximum atomic E-state index is 8.49. The Morgan fingerprint density at radius 3 is 0.128 bits per heavy atom. The van der Waals surface area contributed by atoms with Gasteiger partial charge in [-0.25, -0.2) is 149 Å². The first-order valence-electron chi connectivity index (χ1n) is 4.94. The Morgan fingerprint density at radius 1 is 0.128 bits per heavy atom. The molecule has 0 aliphatic rings. The SMILES string of the molecule is [Co+2].[NH4+].[NH4+].[NH4+].[NH4+].[NH4+].[NH4+].[O-][Cl+3]([O-])([O-])[O-].[O-][Cl+3]([O-])([O-])[O-].[O-][Cl+3]([O-])([O-])[O-].[O-][Cl+3]([O-])([O-])[O-].[O-][Cl+3]([O-])([O-])[O-].[O-][Cl+3]([O-])([O-])[O-].[O-][Cl+3]([O-])([O-])[O-].[O-][Cl+3]([O-])([O-])[O-]. The first-order chi connectivity index (χ1) is 16.0. The van der Waals surface area contributed by atoms with Crippen molar-refractivity contribution in [3.63, 3.8) is 0 Å². The molecule has 0 bridgehead atoms. The van der Waals surface area contributed by atoms with Gasteiger partial charge < -0.3 is 36.9 Å². The second kappa shape index (κ2) is 41.7. The minimum atomic E-state index is -4.94. The van der Waals surface area contributed by atoms with Gasteiger partial charge in [0.2, 0.25) is 0 Å². The second-order valence-electron chi connectivity index (χ2n) is 3.02. The first kappa shape index (κ1) is 97.5. The van der Waals surface area contributed by atoms with Crippen molar-refractivity contribution >= 4 is 0 Å². The van der Waals surface area contributed by atoms with E-state index in [1.807, 2.05) is 0 Å². The molecular weight excluding hydrogens is 939 g/mol. The molecule has 47 heavy (non-hydrogen) atoms. The van der Waals surface area contributed by atoms with Gasteiger partial charge in [-0.3, -0.25) is 0 Å². The van der Waals surface area contributed by atoms with E-state index in [-0.39, 0.29) is 53.7 Å². The second-order valence-corrected chi connectivity index (χ2v) is 9.07. The third-order valence-corrected chi connectivity index (χ3v) is 0. The molecule has 1 radical (unpaired) electrons. The Kier molecular flexibility index (Phi) is 86.5. The molecule has 0 amide bonds. The van der Waals surface area contributed by atoms with Crippen LogP contribution in [0.25, 0.3) is 0 Å². The average molecular weight is 963 g/mol. The summed E-state index contributed by atoms with van der Waals surface area (Å²) >= 11 is 0. The van der Waals surface area contributed by atoms with Gasteiger partial charge >= 0.3 is 16.8 Å². The van der Waals surface area contributed by atoms with Crippen LogP contribution in [-0.2, 0) is 16.8 Å². The van der Waals surface area contributed by atoms with Gasteiger partial charge in [-0.1, -0.05) is 0 Å². The molecule has 0 saturated carbocycles. The normalized spacial score (nSPS) is 10.2. The molecule has 38 nitrogen and oxygen atoms in total. The number of rotatable bonds is 0. The number of quaternary nitrogens is 6. The summed E-state index contributed by atoms with van der Waals surface area (Å²) < 4.78 is 272. The van der Waals surface area contributed by atoms with E-state index in [9.17, 15) is 0 Å². The Balaban J connectivity index is -0.0000000188. The van der Waals surface area contributed by atoms with Crippen LogP contribution in [0, 0.1) is 81.9 Å². The fourth-order valence-electron chi connectivity index (χ4n) is 0. The maximum absolute atomic E-state index is 8.49. The van der Waals surface area contributed by atoms with Crippen molar-refractivity contribution in [2.24, 2.45) is 0 Å². The molecule has 0 unspecified atom stereocenters. The van der Waals surface area contributed by atoms with Gasteiger partial charge in [-0.05, 0) is 0 Å². The van der Waals surface area contributed by atoms with Gasteiger partial charge in [0.15, 0.2) is 0 Å². The van der Waals surface area contributed by atoms with E-state index < -0.39 is 81.9 Å². The Labute approximate surface area is 284 Å². The molecule has 24 N–H and O–H groups in total. The molecule has 0 aromatic rings. The van der Waals surface area contributed by atoms with Crippen LogP contribution in [0.1, 0.15) is 0 Å². The van der Waals surface area contributed by atoms with Crippen molar-refractivity contribution in [3.05, 3.63) is 0 Å². The molecule has 0 spiro atoms. The minimum absolute atomic E-state index is 0. The smallest absolute Gasteiger partial charge is 0.369 e. The number of halogens is 8. The zero-order chi connectivity index (χ0) is 36.0. The molecule has 0 aromatic carbocycles. The van der Waals surface area contributed by atoms with Gasteiger partial charge in [-0.15, -0.1) is 81.9 Å². The predicted molar refractivity (Wildman–Crippen MR) is 35.9 cm³/mol. The van der Waals surface area contributed by atoms with E-state index in [1.165, 1.54) is 0 Å². The summed E-state index contributed by atoms with van der Waals surface area (Å²) in [6.45, 7) is 0. The molecule has 311 valence electrons. The zero-order valence-electron chi connectivity index (χ0n) is 22.4. The molecular formula is H24Cl8CoN6O32. The number of hydrogen-bond acceptors (Lipinski definition) is 32. The summed E-state index contributed by atoms with van der Waals surface area (Å²) in [5.41, 5.74) is 0. The van der Waals surface area contributed by atoms with E-state index in [0.717, 1.165) is 0 Å². The fraction of sp³-hybridized carbons (Fsp3) is 0. The molecule has 0 fully saturated rings. The van der Waals surface area contributed by atoms with E-state index in [1.54, 1.807) is 0 Å². The Bertz CT molecular complexity index is 330. The number of hydrogen-bond donors (Lipinski definition) is 6. The van der Waals surface area contributed by atoms with Crippen LogP contribution in [0.15, 0.2) is 0 Å². The van der Waals surface area contributed by atoms with Crippen LogP contribution in [0.3, 0.4) is 0 Å². The van der Waals surface area contributed by atoms with Crippen molar-refractivity contribution in [1.29, 1.82) is 0 Å². The largest absolute Gasteiger partial charge is 2.00 e. The average Bonchev–Trinajstić information content (AvgIpc) is 2.16. The molecule has 0 atom stereocenters. The molecule has 0 aliphatic carbocycles. The first-order valence-corrected chi connectivity index (χ1v) is 14.8. The van der Waals surface area contributed by atoms with E-state index in [2.05, 4.69) is 0 Å². The van der Waals surface area contributed by atoms with Crippen LogP contribution in [0.4, 0.5) is 0 Å². The molecule has 0 saturated heterocycles. The summed E-state index contributed by atoms with van der Waals surface area (Å²) in [6.07, 6.45) is 0. The summed E-state index contributed by atoms with van der Waals surface area (Å²) in [6, 6.07) is 0. The van der Waals surface area contributed by atoms with Crippen LogP contribution < -0.4 is 186 Å². The van der Waals surface area contributed by atoms with E-state index in [0.29, 0.717) is 0 Å². The molecule has 0 aromatic heterocycles. The van der Waals surface area contributed by atoms with Crippen LogP contribution in [-0.4, -0.2) is 0 Å². The quantitative estimate of drug-likeness (QED) is 0.131. The monoisotopic (exact) mass is 959 g/mol. The molecule has 0 aliphatic heterocycles. The standard InChI is InChI=1S/8ClHO4.Co.6H3N/c8*2-1(3,4)5;;;;;;;/h8*(H,2,3,4,5);;6*1H3/q;;;;;;;;+2;;;;;;/p-2. The van der Waals surface area contributed by atoms with Crippen molar-refractivity contribution in [2.75, 3.05) is 0 Å². The summed E-state index contributed by atoms with van der Waals surface area (Å²) in [7, 11) is -39.6. The Hall–Kier alpha value is 1.31. The predicted octanol–water partition coefficient (Wildman–Crippen LogP) is -35.8. The van der Waals surface area contributed by atoms with Crippen molar-refractivity contribution < 1.29 is 248 Å². The van der Waals surface area contributed by atoms with Gasteiger partial charge in [0.05, 0.1) is 0 Å². The van der Waals surface area contributed by atoms with Gasteiger partial charge in [0.25, 0.3) is 0 Å². The van der Waals surface area contributed by atoms with Crippen molar-refractivity contribution in [1.82, 2.24) is 36.9 Å².